The molecule has 1 unspecified atom stereocenters. The average Bonchev–Trinajstić information content (AvgIpc) is 3.63. The van der Waals surface area contributed by atoms with Crippen LogP contribution in [0.5, 0.6) is 0 Å². The number of fused-ring (bicyclic) bond motifs is 2. The molecular weight excluding hydrogens is 480 g/mol. The van der Waals surface area contributed by atoms with Gasteiger partial charge < -0.3 is 0 Å². The van der Waals surface area contributed by atoms with Crippen LogP contribution in [-0.4, -0.2) is 50.3 Å². The molecule has 1 aliphatic heterocycles. The standard InChI is InChI=1S/C29H28N6O3/c1-19-9-8-12-22(26(19)27-20-10-2-3-11-21(20)28(36)32-31-27)25(34-14-6-7-15-34)18-38-33-29(37)23-17-30-35-16-5-4-13-24(23)35/h2-5,8-13,16-17,25H,6-7,14-15,18H2,1H3,(H,32,36)(H,33,37). The smallest absolute Gasteiger partial charge is 0.278 e. The summed E-state index contributed by atoms with van der Waals surface area (Å²) in [6.45, 7) is 4.17. The van der Waals surface area contributed by atoms with Crippen molar-refractivity contribution in [1.29, 1.82) is 0 Å². The first kappa shape index (κ1) is 24.0. The molecule has 9 nitrogen and oxygen atoms in total. The molecule has 0 aliphatic carbocycles. The minimum absolute atomic E-state index is 0.121. The van der Waals surface area contributed by atoms with E-state index < -0.39 is 0 Å². The Labute approximate surface area is 219 Å². The number of carbonyl (C=O) groups excluding carboxylic acids is 1. The van der Waals surface area contributed by atoms with Crippen LogP contribution >= 0.6 is 0 Å². The second kappa shape index (κ2) is 10.2. The molecule has 38 heavy (non-hydrogen) atoms. The number of carbonyl (C=O) groups is 1. The predicted molar refractivity (Wildman–Crippen MR) is 145 cm³/mol. The summed E-state index contributed by atoms with van der Waals surface area (Å²) in [7, 11) is 0. The third kappa shape index (κ3) is 4.36. The fraction of sp³-hybridized carbons (Fsp3) is 0.241. The third-order valence-electron chi connectivity index (χ3n) is 7.26. The van der Waals surface area contributed by atoms with Gasteiger partial charge >= 0.3 is 0 Å². The van der Waals surface area contributed by atoms with Gasteiger partial charge in [0.15, 0.2) is 0 Å². The minimum Gasteiger partial charge on any atom is -0.294 e. The third-order valence-corrected chi connectivity index (χ3v) is 7.26. The molecule has 1 aliphatic rings. The molecule has 192 valence electrons. The van der Waals surface area contributed by atoms with Gasteiger partial charge in [0.2, 0.25) is 0 Å². The van der Waals surface area contributed by atoms with Gasteiger partial charge in [0.1, 0.15) is 0 Å². The molecule has 6 rings (SSSR count). The molecule has 1 atom stereocenters. The van der Waals surface area contributed by atoms with Crippen molar-refractivity contribution in [3.8, 4) is 11.3 Å². The van der Waals surface area contributed by atoms with Gasteiger partial charge in [-0.1, -0.05) is 42.5 Å². The molecule has 0 spiro atoms. The second-order valence-corrected chi connectivity index (χ2v) is 9.58. The van der Waals surface area contributed by atoms with E-state index in [0.717, 1.165) is 53.7 Å². The Morgan fingerprint density at radius 2 is 1.84 bits per heavy atom. The first-order valence-electron chi connectivity index (χ1n) is 12.8. The Balaban J connectivity index is 1.34. The SMILES string of the molecule is Cc1cccc(C(CONC(=O)c2cnn3ccccc23)N2CCCC2)c1-c1n[nH]c(=O)c2ccccc12. The lowest BCUT2D eigenvalue weighted by Gasteiger charge is -2.30. The summed E-state index contributed by atoms with van der Waals surface area (Å²) in [5.74, 6) is -0.343. The van der Waals surface area contributed by atoms with Crippen LogP contribution in [-0.2, 0) is 4.84 Å². The summed E-state index contributed by atoms with van der Waals surface area (Å²) in [6, 6.07) is 19.1. The summed E-state index contributed by atoms with van der Waals surface area (Å²) in [6.07, 6.45) is 5.54. The number of aromatic nitrogens is 4. The van der Waals surface area contributed by atoms with Crippen molar-refractivity contribution < 1.29 is 9.63 Å². The highest BCUT2D eigenvalue weighted by molar-refractivity contribution is 6.00. The second-order valence-electron chi connectivity index (χ2n) is 9.58. The first-order valence-corrected chi connectivity index (χ1v) is 12.8. The highest BCUT2D eigenvalue weighted by Gasteiger charge is 2.28. The number of hydrogen-bond donors (Lipinski definition) is 2. The van der Waals surface area contributed by atoms with E-state index in [4.69, 9.17) is 4.84 Å². The Kier molecular flexibility index (Phi) is 6.45. The van der Waals surface area contributed by atoms with Gasteiger partial charge in [0.05, 0.1) is 41.0 Å². The number of likely N-dealkylation sites (tertiary alicyclic amines) is 1. The molecule has 1 saturated heterocycles. The zero-order valence-electron chi connectivity index (χ0n) is 21.1. The van der Waals surface area contributed by atoms with Crippen LogP contribution in [0.3, 0.4) is 0 Å². The summed E-state index contributed by atoms with van der Waals surface area (Å²) < 4.78 is 1.66. The maximum atomic E-state index is 12.9. The summed E-state index contributed by atoms with van der Waals surface area (Å²) in [4.78, 5) is 33.7. The molecule has 9 heteroatoms. The van der Waals surface area contributed by atoms with Crippen molar-refractivity contribution in [1.82, 2.24) is 30.2 Å². The van der Waals surface area contributed by atoms with Crippen molar-refractivity contribution in [2.75, 3.05) is 19.7 Å². The van der Waals surface area contributed by atoms with Gasteiger partial charge in [-0.25, -0.2) is 15.1 Å². The number of hydrogen-bond acceptors (Lipinski definition) is 6. The first-order chi connectivity index (χ1) is 18.6. The van der Waals surface area contributed by atoms with E-state index >= 15 is 0 Å². The zero-order valence-corrected chi connectivity index (χ0v) is 21.1. The minimum atomic E-state index is -0.343. The van der Waals surface area contributed by atoms with Crippen molar-refractivity contribution in [2.45, 2.75) is 25.8 Å². The van der Waals surface area contributed by atoms with E-state index in [1.807, 2.05) is 48.5 Å². The number of H-pyrrole nitrogens is 1. The predicted octanol–water partition coefficient (Wildman–Crippen LogP) is 4.04. The molecule has 0 radical (unpaired) electrons. The number of nitrogens with zero attached hydrogens (tertiary/aromatic N) is 4. The van der Waals surface area contributed by atoms with Crippen LogP contribution < -0.4 is 11.0 Å². The van der Waals surface area contributed by atoms with E-state index in [9.17, 15) is 9.59 Å². The van der Waals surface area contributed by atoms with Gasteiger partial charge in [-0.3, -0.25) is 19.3 Å². The average molecular weight is 509 g/mol. The molecule has 2 aromatic carbocycles. The molecule has 0 bridgehead atoms. The number of rotatable bonds is 7. The molecule has 5 aromatic rings. The summed E-state index contributed by atoms with van der Waals surface area (Å²) >= 11 is 0. The Hall–Kier alpha value is -4.34. The van der Waals surface area contributed by atoms with E-state index in [0.29, 0.717) is 16.5 Å². The highest BCUT2D eigenvalue weighted by atomic mass is 16.7. The van der Waals surface area contributed by atoms with Crippen LogP contribution in [0.15, 0.2) is 77.9 Å². The number of nitrogens with one attached hydrogen (secondary N) is 2. The molecule has 3 aromatic heterocycles. The molecule has 1 fully saturated rings. The molecular formula is C29H28N6O3. The van der Waals surface area contributed by atoms with Gasteiger partial charge in [-0.2, -0.15) is 10.2 Å². The van der Waals surface area contributed by atoms with E-state index in [2.05, 4.69) is 44.7 Å². The van der Waals surface area contributed by atoms with E-state index in [1.165, 1.54) is 6.20 Å². The molecule has 1 amide bonds. The van der Waals surface area contributed by atoms with Crippen molar-refractivity contribution in [3.63, 3.8) is 0 Å². The molecule has 4 heterocycles. The van der Waals surface area contributed by atoms with E-state index in [-0.39, 0.29) is 24.1 Å². The Morgan fingerprint density at radius 3 is 2.68 bits per heavy atom. The van der Waals surface area contributed by atoms with Crippen molar-refractivity contribution in [3.05, 3.63) is 100 Å². The molecule has 2 N–H and O–H groups in total. The largest absolute Gasteiger partial charge is 0.294 e. The number of hydroxylamine groups is 1. The highest BCUT2D eigenvalue weighted by Crippen LogP contribution is 2.37. The number of pyridine rings is 1. The van der Waals surface area contributed by atoms with Crippen LogP contribution in [0.4, 0.5) is 0 Å². The van der Waals surface area contributed by atoms with Crippen LogP contribution in [0.2, 0.25) is 0 Å². The number of aryl methyl sites for hydroxylation is 1. The van der Waals surface area contributed by atoms with E-state index in [1.54, 1.807) is 10.7 Å². The van der Waals surface area contributed by atoms with Crippen LogP contribution in [0.1, 0.15) is 40.4 Å². The number of aromatic amines is 1. The van der Waals surface area contributed by atoms with Gasteiger partial charge in [0, 0.05) is 17.1 Å². The van der Waals surface area contributed by atoms with Crippen molar-refractivity contribution in [2.24, 2.45) is 0 Å². The fourth-order valence-corrected chi connectivity index (χ4v) is 5.39. The summed E-state index contributed by atoms with van der Waals surface area (Å²) in [5.41, 5.74) is 7.36. The zero-order chi connectivity index (χ0) is 26.1. The lowest BCUT2D eigenvalue weighted by Crippen LogP contribution is -2.33. The van der Waals surface area contributed by atoms with Gasteiger partial charge in [0.25, 0.3) is 11.5 Å². The quantitative estimate of drug-likeness (QED) is 0.322. The number of amides is 1. The lowest BCUT2D eigenvalue weighted by atomic mass is 9.91. The maximum absolute atomic E-state index is 12.9. The normalized spacial score (nSPS) is 14.8. The van der Waals surface area contributed by atoms with Crippen molar-refractivity contribution >= 4 is 22.2 Å². The van der Waals surface area contributed by atoms with Crippen LogP contribution in [0.25, 0.3) is 27.5 Å². The Morgan fingerprint density at radius 1 is 1.05 bits per heavy atom. The maximum Gasteiger partial charge on any atom is 0.278 e. The topological polar surface area (TPSA) is 105 Å². The fourth-order valence-electron chi connectivity index (χ4n) is 5.39. The van der Waals surface area contributed by atoms with Gasteiger partial charge in [-0.15, -0.1) is 0 Å². The monoisotopic (exact) mass is 508 g/mol. The number of benzene rings is 2. The molecule has 0 saturated carbocycles. The Bertz CT molecular complexity index is 1690. The summed E-state index contributed by atoms with van der Waals surface area (Å²) in [5, 5.41) is 12.8. The van der Waals surface area contributed by atoms with Crippen LogP contribution in [0, 0.1) is 6.92 Å². The van der Waals surface area contributed by atoms with Gasteiger partial charge in [-0.05, 0) is 62.2 Å². The lowest BCUT2D eigenvalue weighted by molar-refractivity contribution is 0.00489.